The Bertz CT molecular complexity index is 169. The van der Waals surface area contributed by atoms with E-state index < -0.39 is 11.1 Å². The summed E-state index contributed by atoms with van der Waals surface area (Å²) >= 11 is -1.61. The lowest BCUT2D eigenvalue weighted by atomic mass is 10.2. The van der Waals surface area contributed by atoms with Crippen LogP contribution < -0.4 is 0 Å². The van der Waals surface area contributed by atoms with Crippen molar-refractivity contribution in [1.82, 2.24) is 4.90 Å². The van der Waals surface area contributed by atoms with Crippen LogP contribution in [0.1, 0.15) is 32.1 Å². The van der Waals surface area contributed by atoms with Crippen molar-refractivity contribution in [1.29, 1.82) is 0 Å². The van der Waals surface area contributed by atoms with Crippen molar-refractivity contribution in [3.8, 4) is 0 Å². The van der Waals surface area contributed by atoms with Crippen LogP contribution in [0, 0.1) is 0 Å². The third-order valence-corrected chi connectivity index (χ3v) is 3.42. The largest absolute Gasteiger partial charge is 0.306 e. The fourth-order valence-electron chi connectivity index (χ4n) is 1.97. The SMILES string of the molecule is CN(CCCS(=O)O)C1CCCC1. The second-order valence-electron chi connectivity index (χ2n) is 3.80. The van der Waals surface area contributed by atoms with Crippen molar-refractivity contribution in [3.05, 3.63) is 0 Å². The van der Waals surface area contributed by atoms with Crippen LogP contribution in [0.3, 0.4) is 0 Å². The molecule has 1 fully saturated rings. The minimum absolute atomic E-state index is 0.414. The van der Waals surface area contributed by atoms with Crippen LogP contribution in [0.4, 0.5) is 0 Å². The predicted octanol–water partition coefficient (Wildman–Crippen LogP) is 1.47. The van der Waals surface area contributed by atoms with E-state index in [-0.39, 0.29) is 0 Å². The Hall–Kier alpha value is 0.0700. The van der Waals surface area contributed by atoms with Gasteiger partial charge in [-0.25, -0.2) is 4.21 Å². The Balaban J connectivity index is 2.09. The zero-order valence-electron chi connectivity index (χ0n) is 8.24. The highest BCUT2D eigenvalue weighted by Gasteiger charge is 2.18. The highest BCUT2D eigenvalue weighted by molar-refractivity contribution is 7.79. The molecule has 3 nitrogen and oxygen atoms in total. The van der Waals surface area contributed by atoms with E-state index in [1.807, 2.05) is 0 Å². The van der Waals surface area contributed by atoms with Crippen LogP contribution in [0.5, 0.6) is 0 Å². The zero-order chi connectivity index (χ0) is 9.68. The average molecular weight is 205 g/mol. The average Bonchev–Trinajstić information content (AvgIpc) is 2.55. The molecule has 13 heavy (non-hydrogen) atoms. The summed E-state index contributed by atoms with van der Waals surface area (Å²) in [6.45, 7) is 0.955. The second-order valence-corrected chi connectivity index (χ2v) is 4.85. The lowest BCUT2D eigenvalue weighted by Crippen LogP contribution is -2.30. The van der Waals surface area contributed by atoms with Gasteiger partial charge in [-0.3, -0.25) is 0 Å². The first-order chi connectivity index (χ1) is 6.20. The third-order valence-electron chi connectivity index (χ3n) is 2.78. The molecule has 1 saturated carbocycles. The molecule has 1 aliphatic rings. The smallest absolute Gasteiger partial charge is 0.152 e. The van der Waals surface area contributed by atoms with Crippen molar-refractivity contribution < 1.29 is 8.76 Å². The van der Waals surface area contributed by atoms with Gasteiger partial charge in [-0.2, -0.15) is 0 Å². The van der Waals surface area contributed by atoms with E-state index in [4.69, 9.17) is 4.55 Å². The van der Waals surface area contributed by atoms with E-state index in [0.29, 0.717) is 5.75 Å². The molecule has 0 aliphatic heterocycles. The van der Waals surface area contributed by atoms with Crippen molar-refractivity contribution >= 4 is 11.1 Å². The number of hydrogen-bond acceptors (Lipinski definition) is 2. The van der Waals surface area contributed by atoms with Gasteiger partial charge in [0.25, 0.3) is 0 Å². The van der Waals surface area contributed by atoms with Gasteiger partial charge in [0.15, 0.2) is 11.1 Å². The number of rotatable bonds is 5. The molecule has 0 saturated heterocycles. The first kappa shape index (κ1) is 11.1. The van der Waals surface area contributed by atoms with Crippen LogP contribution >= 0.6 is 0 Å². The molecular formula is C9H19NO2S. The van der Waals surface area contributed by atoms with Gasteiger partial charge < -0.3 is 9.45 Å². The maximum atomic E-state index is 10.4. The molecule has 0 aromatic carbocycles. The summed E-state index contributed by atoms with van der Waals surface area (Å²) in [6, 6.07) is 0.729. The van der Waals surface area contributed by atoms with E-state index in [2.05, 4.69) is 11.9 Å². The zero-order valence-corrected chi connectivity index (χ0v) is 9.05. The maximum absolute atomic E-state index is 10.4. The Labute approximate surface area is 82.8 Å². The Morgan fingerprint density at radius 1 is 1.46 bits per heavy atom. The van der Waals surface area contributed by atoms with Gasteiger partial charge in [0.05, 0.1) is 5.75 Å². The molecule has 1 atom stereocenters. The Kier molecular flexibility index (Phi) is 4.91. The summed E-state index contributed by atoms with van der Waals surface area (Å²) in [6.07, 6.45) is 6.13. The quantitative estimate of drug-likeness (QED) is 0.691. The molecule has 4 heteroatoms. The van der Waals surface area contributed by atoms with Gasteiger partial charge >= 0.3 is 0 Å². The standard InChI is InChI=1S/C9H19NO2S/c1-10(7-4-8-13(11)12)9-5-2-3-6-9/h9H,2-8H2,1H3,(H,11,12). The van der Waals surface area contributed by atoms with Crippen LogP contribution in [-0.4, -0.2) is 39.0 Å². The van der Waals surface area contributed by atoms with Gasteiger partial charge in [-0.15, -0.1) is 0 Å². The molecule has 1 unspecified atom stereocenters. The summed E-state index contributed by atoms with van der Waals surface area (Å²) < 4.78 is 19.0. The highest BCUT2D eigenvalue weighted by Crippen LogP contribution is 2.22. The van der Waals surface area contributed by atoms with Crippen molar-refractivity contribution in [2.75, 3.05) is 19.3 Å². The summed E-state index contributed by atoms with van der Waals surface area (Å²) in [5.74, 6) is 0.414. The topological polar surface area (TPSA) is 40.5 Å². The summed E-state index contributed by atoms with van der Waals surface area (Å²) in [5.41, 5.74) is 0. The Morgan fingerprint density at radius 2 is 2.08 bits per heavy atom. The fraction of sp³-hybridized carbons (Fsp3) is 1.00. The van der Waals surface area contributed by atoms with Gasteiger partial charge in [-0.1, -0.05) is 12.8 Å². The summed E-state index contributed by atoms with van der Waals surface area (Å²) in [7, 11) is 2.12. The van der Waals surface area contributed by atoms with Gasteiger partial charge in [0, 0.05) is 6.04 Å². The maximum Gasteiger partial charge on any atom is 0.152 e. The molecule has 0 heterocycles. The molecule has 0 spiro atoms. The minimum Gasteiger partial charge on any atom is -0.306 e. The molecule has 0 amide bonds. The molecule has 0 aromatic rings. The second kappa shape index (κ2) is 5.73. The van der Waals surface area contributed by atoms with Gasteiger partial charge in [0.1, 0.15) is 0 Å². The molecule has 78 valence electrons. The molecular weight excluding hydrogens is 186 g/mol. The normalized spacial score (nSPS) is 21.2. The Morgan fingerprint density at radius 3 is 2.62 bits per heavy atom. The van der Waals surface area contributed by atoms with Crippen LogP contribution in [0.2, 0.25) is 0 Å². The third kappa shape index (κ3) is 4.20. The number of nitrogens with zero attached hydrogens (tertiary/aromatic N) is 1. The summed E-state index contributed by atoms with van der Waals surface area (Å²) in [5, 5.41) is 0. The van der Waals surface area contributed by atoms with E-state index in [0.717, 1.165) is 19.0 Å². The van der Waals surface area contributed by atoms with Gasteiger partial charge in [0.2, 0.25) is 0 Å². The summed E-state index contributed by atoms with van der Waals surface area (Å²) in [4.78, 5) is 2.33. The van der Waals surface area contributed by atoms with E-state index in [1.54, 1.807) is 0 Å². The highest BCUT2D eigenvalue weighted by atomic mass is 32.2. The molecule has 0 radical (unpaired) electrons. The molecule has 1 N–H and O–H groups in total. The molecule has 0 aromatic heterocycles. The van der Waals surface area contributed by atoms with Crippen molar-refractivity contribution in [2.45, 2.75) is 38.1 Å². The lowest BCUT2D eigenvalue weighted by molar-refractivity contribution is 0.246. The van der Waals surface area contributed by atoms with Crippen molar-refractivity contribution in [3.63, 3.8) is 0 Å². The molecule has 1 aliphatic carbocycles. The predicted molar refractivity (Wildman–Crippen MR) is 55.1 cm³/mol. The molecule has 1 rings (SSSR count). The fourth-order valence-corrected chi connectivity index (χ4v) is 2.34. The lowest BCUT2D eigenvalue weighted by Gasteiger charge is -2.23. The van der Waals surface area contributed by atoms with Crippen LogP contribution in [-0.2, 0) is 11.1 Å². The first-order valence-corrected chi connectivity index (χ1v) is 6.25. The van der Waals surface area contributed by atoms with Crippen molar-refractivity contribution in [2.24, 2.45) is 0 Å². The first-order valence-electron chi connectivity index (χ1n) is 4.98. The van der Waals surface area contributed by atoms with E-state index >= 15 is 0 Å². The van der Waals surface area contributed by atoms with E-state index in [9.17, 15) is 4.21 Å². The van der Waals surface area contributed by atoms with Crippen LogP contribution in [0.25, 0.3) is 0 Å². The monoisotopic (exact) mass is 205 g/mol. The minimum atomic E-state index is -1.61. The molecule has 0 bridgehead atoms. The number of hydrogen-bond donors (Lipinski definition) is 1. The van der Waals surface area contributed by atoms with E-state index in [1.165, 1.54) is 25.7 Å². The van der Waals surface area contributed by atoms with Crippen LogP contribution in [0.15, 0.2) is 0 Å². The van der Waals surface area contributed by atoms with Gasteiger partial charge in [-0.05, 0) is 32.9 Å².